The molecule has 3 N–H and O–H groups in total. The molecule has 4 heteroatoms. The van der Waals surface area contributed by atoms with E-state index in [2.05, 4.69) is 20.8 Å². The number of carboxylic acid groups (broad SMARTS) is 1. The SMILES string of the molecule is CCC(CN)C(C)(C)CCC(=O)O.Cl. The highest BCUT2D eigenvalue weighted by Gasteiger charge is 2.27. The van der Waals surface area contributed by atoms with Crippen molar-refractivity contribution in [3.8, 4) is 0 Å². The van der Waals surface area contributed by atoms with Crippen molar-refractivity contribution < 1.29 is 9.90 Å². The second-order valence-electron chi connectivity index (χ2n) is 4.22. The summed E-state index contributed by atoms with van der Waals surface area (Å²) in [7, 11) is 0. The van der Waals surface area contributed by atoms with Gasteiger partial charge >= 0.3 is 5.97 Å². The summed E-state index contributed by atoms with van der Waals surface area (Å²) < 4.78 is 0. The van der Waals surface area contributed by atoms with Gasteiger partial charge in [-0.2, -0.15) is 0 Å². The van der Waals surface area contributed by atoms with Crippen LogP contribution in [0.4, 0.5) is 0 Å². The van der Waals surface area contributed by atoms with Gasteiger partial charge in [0.2, 0.25) is 0 Å². The first-order chi connectivity index (χ1) is 5.94. The van der Waals surface area contributed by atoms with E-state index in [1.165, 1.54) is 0 Å². The summed E-state index contributed by atoms with van der Waals surface area (Å²) in [5, 5.41) is 8.57. The molecule has 0 aromatic rings. The fourth-order valence-electron chi connectivity index (χ4n) is 1.67. The van der Waals surface area contributed by atoms with Gasteiger partial charge in [0, 0.05) is 6.42 Å². The van der Waals surface area contributed by atoms with Gasteiger partial charge in [0.1, 0.15) is 0 Å². The van der Waals surface area contributed by atoms with Crippen molar-refractivity contribution in [3.63, 3.8) is 0 Å². The van der Waals surface area contributed by atoms with E-state index in [0.29, 0.717) is 18.9 Å². The Balaban J connectivity index is 0. The Morgan fingerprint density at radius 1 is 1.50 bits per heavy atom. The maximum absolute atomic E-state index is 10.4. The normalized spacial score (nSPS) is 13.1. The van der Waals surface area contributed by atoms with Crippen LogP contribution < -0.4 is 5.73 Å². The molecule has 0 aliphatic heterocycles. The largest absolute Gasteiger partial charge is 0.481 e. The topological polar surface area (TPSA) is 63.3 Å². The van der Waals surface area contributed by atoms with Crippen LogP contribution in [0.5, 0.6) is 0 Å². The van der Waals surface area contributed by atoms with Crippen molar-refractivity contribution in [2.24, 2.45) is 17.1 Å². The second kappa shape index (κ2) is 7.07. The monoisotopic (exact) mass is 223 g/mol. The van der Waals surface area contributed by atoms with Gasteiger partial charge < -0.3 is 10.8 Å². The molecule has 0 heterocycles. The molecule has 0 saturated heterocycles. The average Bonchev–Trinajstić information content (AvgIpc) is 2.03. The third kappa shape index (κ3) is 5.45. The molecule has 0 rings (SSSR count). The molecule has 1 unspecified atom stereocenters. The average molecular weight is 224 g/mol. The summed E-state index contributed by atoms with van der Waals surface area (Å²) in [5.41, 5.74) is 5.67. The van der Waals surface area contributed by atoms with Crippen LogP contribution in [0.25, 0.3) is 0 Å². The molecule has 1 atom stereocenters. The molecule has 0 amide bonds. The van der Waals surface area contributed by atoms with E-state index in [0.717, 1.165) is 6.42 Å². The second-order valence-corrected chi connectivity index (χ2v) is 4.22. The zero-order valence-corrected chi connectivity index (χ0v) is 10.1. The molecular formula is C10H22ClNO2. The smallest absolute Gasteiger partial charge is 0.303 e. The van der Waals surface area contributed by atoms with Crippen molar-refractivity contribution in [1.82, 2.24) is 0 Å². The number of hydrogen-bond donors (Lipinski definition) is 2. The van der Waals surface area contributed by atoms with Crippen molar-refractivity contribution in [2.75, 3.05) is 6.54 Å². The molecule has 14 heavy (non-hydrogen) atoms. The van der Waals surface area contributed by atoms with Gasteiger partial charge in [0.15, 0.2) is 0 Å². The summed E-state index contributed by atoms with van der Waals surface area (Å²) in [6.07, 6.45) is 1.96. The van der Waals surface area contributed by atoms with Crippen molar-refractivity contribution in [3.05, 3.63) is 0 Å². The Bertz CT molecular complexity index is 168. The fraction of sp³-hybridized carbons (Fsp3) is 0.900. The molecule has 0 aliphatic rings. The molecule has 0 aromatic heterocycles. The summed E-state index contributed by atoms with van der Waals surface area (Å²) in [5.74, 6) is -0.299. The number of aliphatic carboxylic acids is 1. The summed E-state index contributed by atoms with van der Waals surface area (Å²) >= 11 is 0. The maximum Gasteiger partial charge on any atom is 0.303 e. The lowest BCUT2D eigenvalue weighted by Gasteiger charge is -2.32. The van der Waals surface area contributed by atoms with E-state index < -0.39 is 5.97 Å². The number of carbonyl (C=O) groups is 1. The van der Waals surface area contributed by atoms with E-state index >= 15 is 0 Å². The van der Waals surface area contributed by atoms with E-state index in [-0.39, 0.29) is 24.2 Å². The van der Waals surface area contributed by atoms with Crippen LogP contribution in [0.3, 0.4) is 0 Å². The Labute approximate surface area is 92.5 Å². The van der Waals surface area contributed by atoms with E-state index in [1.54, 1.807) is 0 Å². The highest BCUT2D eigenvalue weighted by Crippen LogP contribution is 2.33. The number of halogens is 1. The van der Waals surface area contributed by atoms with Crippen molar-refractivity contribution in [1.29, 1.82) is 0 Å². The Morgan fingerprint density at radius 2 is 2.00 bits per heavy atom. The fourth-order valence-corrected chi connectivity index (χ4v) is 1.67. The predicted octanol–water partition coefficient (Wildman–Crippen LogP) is 2.28. The summed E-state index contributed by atoms with van der Waals surface area (Å²) in [6.45, 7) is 6.93. The highest BCUT2D eigenvalue weighted by molar-refractivity contribution is 5.85. The minimum atomic E-state index is -0.722. The van der Waals surface area contributed by atoms with Crippen LogP contribution in [-0.2, 0) is 4.79 Å². The molecule has 0 aliphatic carbocycles. The lowest BCUT2D eigenvalue weighted by Crippen LogP contribution is -2.30. The van der Waals surface area contributed by atoms with Crippen LogP contribution in [0, 0.1) is 11.3 Å². The number of rotatable bonds is 6. The van der Waals surface area contributed by atoms with Gasteiger partial charge in [0.05, 0.1) is 0 Å². The molecule has 0 spiro atoms. The van der Waals surface area contributed by atoms with Gasteiger partial charge in [0.25, 0.3) is 0 Å². The van der Waals surface area contributed by atoms with E-state index in [1.807, 2.05) is 0 Å². The maximum atomic E-state index is 10.4. The van der Waals surface area contributed by atoms with Gasteiger partial charge in [-0.1, -0.05) is 27.2 Å². The predicted molar refractivity (Wildman–Crippen MR) is 60.7 cm³/mol. The minimum Gasteiger partial charge on any atom is -0.481 e. The zero-order chi connectivity index (χ0) is 10.5. The Morgan fingerprint density at radius 3 is 2.29 bits per heavy atom. The third-order valence-electron chi connectivity index (χ3n) is 2.87. The molecule has 86 valence electrons. The van der Waals surface area contributed by atoms with E-state index in [9.17, 15) is 4.79 Å². The Hall–Kier alpha value is -0.280. The van der Waals surface area contributed by atoms with Gasteiger partial charge in [-0.25, -0.2) is 0 Å². The van der Waals surface area contributed by atoms with Crippen LogP contribution in [0.1, 0.15) is 40.0 Å². The standard InChI is InChI=1S/C10H21NO2.ClH/c1-4-8(7-11)10(2,3)6-5-9(12)13;/h8H,4-7,11H2,1-3H3,(H,12,13);1H. The minimum absolute atomic E-state index is 0. The molecule has 0 fully saturated rings. The number of nitrogens with two attached hydrogens (primary N) is 1. The number of carboxylic acids is 1. The van der Waals surface area contributed by atoms with Gasteiger partial charge in [-0.15, -0.1) is 12.4 Å². The molecule has 0 radical (unpaired) electrons. The lowest BCUT2D eigenvalue weighted by molar-refractivity contribution is -0.137. The Kier molecular flexibility index (Phi) is 8.16. The first-order valence-electron chi connectivity index (χ1n) is 4.86. The molecule has 0 bridgehead atoms. The van der Waals surface area contributed by atoms with Crippen molar-refractivity contribution in [2.45, 2.75) is 40.0 Å². The zero-order valence-electron chi connectivity index (χ0n) is 9.25. The summed E-state index contributed by atoms with van der Waals surface area (Å²) in [4.78, 5) is 10.4. The van der Waals surface area contributed by atoms with E-state index in [4.69, 9.17) is 10.8 Å². The first kappa shape index (κ1) is 16.2. The first-order valence-corrected chi connectivity index (χ1v) is 4.86. The molecule has 0 aromatic carbocycles. The van der Waals surface area contributed by atoms with Crippen LogP contribution >= 0.6 is 12.4 Å². The lowest BCUT2D eigenvalue weighted by atomic mass is 9.74. The highest BCUT2D eigenvalue weighted by atomic mass is 35.5. The third-order valence-corrected chi connectivity index (χ3v) is 2.87. The van der Waals surface area contributed by atoms with Gasteiger partial charge in [-0.3, -0.25) is 4.79 Å². The molecular weight excluding hydrogens is 202 g/mol. The van der Waals surface area contributed by atoms with Crippen molar-refractivity contribution >= 4 is 18.4 Å². The number of hydrogen-bond acceptors (Lipinski definition) is 2. The molecule has 3 nitrogen and oxygen atoms in total. The summed E-state index contributed by atoms with van der Waals surface area (Å²) in [6, 6.07) is 0. The van der Waals surface area contributed by atoms with Crippen LogP contribution in [-0.4, -0.2) is 17.6 Å². The van der Waals surface area contributed by atoms with Crippen LogP contribution in [0.2, 0.25) is 0 Å². The molecule has 0 saturated carbocycles. The quantitative estimate of drug-likeness (QED) is 0.726. The van der Waals surface area contributed by atoms with Gasteiger partial charge in [-0.05, 0) is 24.3 Å². The van der Waals surface area contributed by atoms with Crippen LogP contribution in [0.15, 0.2) is 0 Å².